The molecule has 0 radical (unpaired) electrons. The summed E-state index contributed by atoms with van der Waals surface area (Å²) in [5.41, 5.74) is 0. The third-order valence-corrected chi connectivity index (χ3v) is 1.52. The van der Waals surface area contributed by atoms with Crippen molar-refractivity contribution in [3.63, 3.8) is 0 Å². The van der Waals surface area contributed by atoms with Crippen molar-refractivity contribution < 1.29 is 0 Å². The van der Waals surface area contributed by atoms with Gasteiger partial charge in [0.05, 0.1) is 0 Å². The van der Waals surface area contributed by atoms with E-state index < -0.39 is 0 Å². The van der Waals surface area contributed by atoms with Gasteiger partial charge in [-0.1, -0.05) is 13.5 Å². The van der Waals surface area contributed by atoms with Crippen molar-refractivity contribution in [2.75, 3.05) is 26.7 Å². The molecule has 0 aliphatic heterocycles. The molecule has 70 valence electrons. The minimum absolute atomic E-state index is 0.867. The van der Waals surface area contributed by atoms with E-state index >= 15 is 0 Å². The molecule has 0 bridgehead atoms. The molecular weight excluding hydrogens is 150 g/mol. The van der Waals surface area contributed by atoms with Crippen LogP contribution in [-0.4, -0.2) is 32.5 Å². The second-order valence-electron chi connectivity index (χ2n) is 2.45. The van der Waals surface area contributed by atoms with Crippen molar-refractivity contribution >= 4 is 5.84 Å². The fraction of sp³-hybridized carbons (Fsp3) is 0.667. The van der Waals surface area contributed by atoms with E-state index in [1.165, 1.54) is 0 Å². The average molecular weight is 169 g/mol. The largest absolute Gasteiger partial charge is 0.370 e. The van der Waals surface area contributed by atoms with Gasteiger partial charge in [-0.05, 0) is 25.6 Å². The number of rotatable bonds is 6. The highest BCUT2D eigenvalue weighted by Gasteiger charge is 1.89. The standard InChI is InChI=1S/C9H19N3/c1-4-9(10-3)12-8-6-7-11-5-2/h4,11H,1,5-8H2,2-3H3,(H,10,12). The molecule has 0 aromatic carbocycles. The van der Waals surface area contributed by atoms with Crippen LogP contribution in [-0.2, 0) is 0 Å². The second kappa shape index (κ2) is 8.27. The molecule has 0 unspecified atom stereocenters. The predicted octanol–water partition coefficient (Wildman–Crippen LogP) is 0.790. The first-order valence-electron chi connectivity index (χ1n) is 4.39. The molecule has 0 heterocycles. The molecule has 0 aromatic heterocycles. The summed E-state index contributed by atoms with van der Waals surface area (Å²) in [6.45, 7) is 8.79. The average Bonchev–Trinajstić information content (AvgIpc) is 2.11. The molecule has 0 saturated carbocycles. The van der Waals surface area contributed by atoms with Gasteiger partial charge in [-0.2, -0.15) is 0 Å². The number of nitrogens with zero attached hydrogens (tertiary/aromatic N) is 1. The topological polar surface area (TPSA) is 36.4 Å². The maximum Gasteiger partial charge on any atom is 0.119 e. The maximum absolute atomic E-state index is 3.99. The molecule has 0 aromatic rings. The monoisotopic (exact) mass is 169 g/mol. The van der Waals surface area contributed by atoms with Crippen molar-refractivity contribution in [3.05, 3.63) is 12.7 Å². The third kappa shape index (κ3) is 5.92. The van der Waals surface area contributed by atoms with E-state index in [1.807, 2.05) is 0 Å². The van der Waals surface area contributed by atoms with E-state index in [0.717, 1.165) is 31.9 Å². The lowest BCUT2D eigenvalue weighted by molar-refractivity contribution is 0.661. The summed E-state index contributed by atoms with van der Waals surface area (Å²) in [7, 11) is 1.76. The van der Waals surface area contributed by atoms with Crippen molar-refractivity contribution in [3.8, 4) is 0 Å². The SMILES string of the molecule is C=CC(=NC)NCCCNCC. The molecule has 0 rings (SSSR count). The number of amidine groups is 1. The lowest BCUT2D eigenvalue weighted by atomic mass is 10.4. The molecule has 0 amide bonds. The Labute approximate surface area is 75.0 Å². The van der Waals surface area contributed by atoms with E-state index in [9.17, 15) is 0 Å². The highest BCUT2D eigenvalue weighted by molar-refractivity contribution is 5.92. The van der Waals surface area contributed by atoms with Crippen LogP contribution in [0.25, 0.3) is 0 Å². The molecule has 0 fully saturated rings. The van der Waals surface area contributed by atoms with Crippen molar-refractivity contribution in [2.24, 2.45) is 4.99 Å². The maximum atomic E-state index is 3.99. The quantitative estimate of drug-likeness (QED) is 0.350. The molecule has 0 aliphatic carbocycles. The van der Waals surface area contributed by atoms with E-state index in [4.69, 9.17) is 0 Å². The smallest absolute Gasteiger partial charge is 0.119 e. The Kier molecular flexibility index (Phi) is 7.70. The third-order valence-electron chi connectivity index (χ3n) is 1.52. The summed E-state index contributed by atoms with van der Waals surface area (Å²) in [5, 5.41) is 6.42. The first-order chi connectivity index (χ1) is 5.85. The van der Waals surface area contributed by atoms with E-state index in [1.54, 1.807) is 13.1 Å². The van der Waals surface area contributed by atoms with Crippen LogP contribution >= 0.6 is 0 Å². The Hall–Kier alpha value is -0.830. The molecular formula is C9H19N3. The molecule has 2 N–H and O–H groups in total. The summed E-state index contributed by atoms with van der Waals surface area (Å²) in [6, 6.07) is 0. The summed E-state index contributed by atoms with van der Waals surface area (Å²) in [4.78, 5) is 3.99. The second-order valence-corrected chi connectivity index (χ2v) is 2.45. The number of nitrogens with one attached hydrogen (secondary N) is 2. The summed E-state index contributed by atoms with van der Waals surface area (Å²) in [6.07, 6.45) is 2.84. The van der Waals surface area contributed by atoms with Gasteiger partial charge >= 0.3 is 0 Å². The Balaban J connectivity index is 3.24. The fourth-order valence-electron chi connectivity index (χ4n) is 0.849. The van der Waals surface area contributed by atoms with Gasteiger partial charge in [0.1, 0.15) is 5.84 Å². The van der Waals surface area contributed by atoms with Crippen LogP contribution in [0.15, 0.2) is 17.6 Å². The lowest BCUT2D eigenvalue weighted by Crippen LogP contribution is -2.25. The Morgan fingerprint density at radius 1 is 1.50 bits per heavy atom. The van der Waals surface area contributed by atoms with Gasteiger partial charge in [0, 0.05) is 13.6 Å². The zero-order chi connectivity index (χ0) is 9.23. The first kappa shape index (κ1) is 11.2. The lowest BCUT2D eigenvalue weighted by Gasteiger charge is -2.05. The van der Waals surface area contributed by atoms with Gasteiger partial charge in [0.2, 0.25) is 0 Å². The van der Waals surface area contributed by atoms with Gasteiger partial charge in [-0.3, -0.25) is 4.99 Å². The molecule has 0 atom stereocenters. The first-order valence-corrected chi connectivity index (χ1v) is 4.39. The normalized spacial score (nSPS) is 11.3. The number of hydrogen-bond acceptors (Lipinski definition) is 2. The molecule has 0 aliphatic rings. The van der Waals surface area contributed by atoms with Crippen LogP contribution in [0.5, 0.6) is 0 Å². The zero-order valence-electron chi connectivity index (χ0n) is 8.06. The van der Waals surface area contributed by atoms with Crippen LogP contribution in [0.4, 0.5) is 0 Å². The van der Waals surface area contributed by atoms with Gasteiger partial charge in [-0.15, -0.1) is 0 Å². The minimum Gasteiger partial charge on any atom is -0.370 e. The van der Waals surface area contributed by atoms with Crippen molar-refractivity contribution in [2.45, 2.75) is 13.3 Å². The molecule has 3 heteroatoms. The highest BCUT2D eigenvalue weighted by atomic mass is 15.0. The number of hydrogen-bond donors (Lipinski definition) is 2. The van der Waals surface area contributed by atoms with Crippen LogP contribution in [0.3, 0.4) is 0 Å². The van der Waals surface area contributed by atoms with E-state index in [-0.39, 0.29) is 0 Å². The summed E-state index contributed by atoms with van der Waals surface area (Å²) >= 11 is 0. The van der Waals surface area contributed by atoms with Crippen LogP contribution in [0, 0.1) is 0 Å². The molecule has 3 nitrogen and oxygen atoms in total. The van der Waals surface area contributed by atoms with Crippen molar-refractivity contribution in [1.82, 2.24) is 10.6 Å². The fourth-order valence-corrected chi connectivity index (χ4v) is 0.849. The molecule has 0 spiro atoms. The minimum atomic E-state index is 0.867. The van der Waals surface area contributed by atoms with Gasteiger partial charge in [0.15, 0.2) is 0 Å². The van der Waals surface area contributed by atoms with Crippen LogP contribution in [0.2, 0.25) is 0 Å². The van der Waals surface area contributed by atoms with Gasteiger partial charge < -0.3 is 10.6 Å². The predicted molar refractivity (Wildman–Crippen MR) is 54.7 cm³/mol. The van der Waals surface area contributed by atoms with Crippen molar-refractivity contribution in [1.29, 1.82) is 0 Å². The van der Waals surface area contributed by atoms with E-state index in [2.05, 4.69) is 29.1 Å². The summed E-state index contributed by atoms with van der Waals surface area (Å²) < 4.78 is 0. The zero-order valence-corrected chi connectivity index (χ0v) is 8.06. The van der Waals surface area contributed by atoms with E-state index in [0.29, 0.717) is 0 Å². The molecule has 0 saturated heterocycles. The Morgan fingerprint density at radius 3 is 2.75 bits per heavy atom. The van der Waals surface area contributed by atoms with Crippen LogP contribution < -0.4 is 10.6 Å². The number of aliphatic imine (C=N–C) groups is 1. The summed E-state index contributed by atoms with van der Waals surface area (Å²) in [5.74, 6) is 0.867. The Morgan fingerprint density at radius 2 is 2.25 bits per heavy atom. The Bertz CT molecular complexity index is 141. The van der Waals surface area contributed by atoms with Crippen LogP contribution in [0.1, 0.15) is 13.3 Å². The van der Waals surface area contributed by atoms with Gasteiger partial charge in [-0.25, -0.2) is 0 Å². The van der Waals surface area contributed by atoms with Gasteiger partial charge in [0.25, 0.3) is 0 Å². The molecule has 12 heavy (non-hydrogen) atoms. The highest BCUT2D eigenvalue weighted by Crippen LogP contribution is 1.76.